The van der Waals surface area contributed by atoms with Crippen LogP contribution in [-0.4, -0.2) is 114 Å². The van der Waals surface area contributed by atoms with Crippen LogP contribution in [0.4, 0.5) is 62.2 Å². The third-order valence-electron chi connectivity index (χ3n) is 10.1. The van der Waals surface area contributed by atoms with Crippen LogP contribution in [0.15, 0.2) is 103 Å². The van der Waals surface area contributed by atoms with Gasteiger partial charge in [-0.05, 0) is 100 Å². The Morgan fingerprint density at radius 1 is 0.537 bits per heavy atom. The second-order valence-corrected chi connectivity index (χ2v) is 19.2. The van der Waals surface area contributed by atoms with Crippen molar-refractivity contribution in [1.82, 2.24) is 24.9 Å². The Morgan fingerprint density at radius 2 is 0.955 bits per heavy atom. The topological polar surface area (TPSA) is 297 Å². The standard InChI is InChI=1S/C41H46N14O8S4/c1-5-53(6-2)25-9-13-29(49-51-40-44-31-15-11-27(66(58,59)60)23-35(31)64-40)33(21-25)42-37-46-38(48-39(47-37)55(17-19-56)18-20-57)43-34-22-26(54(7-3)8-4)10-14-30(34)50-52-41-45-32-16-12-28(67(61,62)63)24-36(32)65-41/h9-16,21-24,56-57H,5-8,17-20H2,1-4H3,(H,58,59,60)(H,61,62,63)(H2,42,43,46,47,48). The summed E-state index contributed by atoms with van der Waals surface area (Å²) < 4.78 is 67.1. The zero-order chi connectivity index (χ0) is 47.9. The third-order valence-corrected chi connectivity index (χ3v) is 13.6. The van der Waals surface area contributed by atoms with Crippen molar-refractivity contribution >= 4 is 126 Å². The predicted molar refractivity (Wildman–Crippen MR) is 260 cm³/mol. The minimum Gasteiger partial charge on any atom is -0.395 e. The number of anilines is 7. The van der Waals surface area contributed by atoms with E-state index in [1.165, 1.54) is 36.4 Å². The minimum atomic E-state index is -4.43. The largest absolute Gasteiger partial charge is 0.395 e. The highest BCUT2D eigenvalue weighted by atomic mass is 32.2. The maximum absolute atomic E-state index is 11.8. The third kappa shape index (κ3) is 11.8. The van der Waals surface area contributed by atoms with E-state index in [4.69, 9.17) is 15.0 Å². The van der Waals surface area contributed by atoms with Crippen molar-refractivity contribution in [2.24, 2.45) is 20.5 Å². The number of benzene rings is 4. The van der Waals surface area contributed by atoms with Crippen molar-refractivity contribution in [1.29, 1.82) is 0 Å². The average molecular weight is 991 g/mol. The molecule has 0 saturated carbocycles. The Morgan fingerprint density at radius 3 is 1.33 bits per heavy atom. The number of nitrogens with one attached hydrogen (secondary N) is 2. The fourth-order valence-electron chi connectivity index (χ4n) is 6.79. The van der Waals surface area contributed by atoms with E-state index in [1.54, 1.807) is 17.0 Å². The number of hydrogen-bond acceptors (Lipinski definition) is 22. The van der Waals surface area contributed by atoms with Crippen LogP contribution in [0, 0.1) is 0 Å². The average Bonchev–Trinajstić information content (AvgIpc) is 3.91. The second-order valence-electron chi connectivity index (χ2n) is 14.3. The van der Waals surface area contributed by atoms with Crippen LogP contribution in [-0.2, 0) is 20.2 Å². The van der Waals surface area contributed by atoms with E-state index in [9.17, 15) is 36.2 Å². The number of nitrogens with zero attached hydrogens (tertiary/aromatic N) is 12. The fraction of sp³-hybridized carbons (Fsp3) is 0.293. The van der Waals surface area contributed by atoms with Crippen LogP contribution >= 0.6 is 22.7 Å². The van der Waals surface area contributed by atoms with Crippen molar-refractivity contribution < 1.29 is 36.2 Å². The van der Waals surface area contributed by atoms with Gasteiger partial charge in [0.1, 0.15) is 11.4 Å². The van der Waals surface area contributed by atoms with Gasteiger partial charge in [0.25, 0.3) is 20.2 Å². The summed E-state index contributed by atoms with van der Waals surface area (Å²) in [6.07, 6.45) is 0. The van der Waals surface area contributed by atoms with E-state index in [2.05, 4.69) is 50.9 Å². The molecule has 26 heteroatoms. The lowest BCUT2D eigenvalue weighted by Gasteiger charge is -2.24. The second kappa shape index (κ2) is 21.1. The monoisotopic (exact) mass is 990 g/mol. The molecule has 0 atom stereocenters. The first-order valence-corrected chi connectivity index (χ1v) is 25.3. The van der Waals surface area contributed by atoms with Crippen molar-refractivity contribution in [3.63, 3.8) is 0 Å². The molecule has 0 aliphatic heterocycles. The first kappa shape index (κ1) is 48.5. The van der Waals surface area contributed by atoms with Gasteiger partial charge in [-0.25, -0.2) is 9.97 Å². The van der Waals surface area contributed by atoms with E-state index in [0.29, 0.717) is 69.4 Å². The Kier molecular flexibility index (Phi) is 15.3. The molecule has 0 spiro atoms. The molecule has 0 saturated heterocycles. The fourth-order valence-corrected chi connectivity index (χ4v) is 9.61. The first-order chi connectivity index (χ1) is 32.1. The van der Waals surface area contributed by atoms with Gasteiger partial charge < -0.3 is 35.5 Å². The summed E-state index contributed by atoms with van der Waals surface area (Å²) in [7, 11) is -8.86. The zero-order valence-corrected chi connectivity index (χ0v) is 39.8. The lowest BCUT2D eigenvalue weighted by Crippen LogP contribution is -2.31. The molecule has 22 nitrogen and oxygen atoms in total. The van der Waals surface area contributed by atoms with Gasteiger partial charge in [0.05, 0.1) is 54.8 Å². The van der Waals surface area contributed by atoms with Gasteiger partial charge in [0.15, 0.2) is 0 Å². The Labute approximate surface area is 393 Å². The lowest BCUT2D eigenvalue weighted by atomic mass is 10.2. The zero-order valence-electron chi connectivity index (χ0n) is 36.5. The van der Waals surface area contributed by atoms with E-state index in [1.807, 2.05) is 52.0 Å². The van der Waals surface area contributed by atoms with Gasteiger partial charge in [0, 0.05) is 50.6 Å². The van der Waals surface area contributed by atoms with Crippen LogP contribution in [0.2, 0.25) is 0 Å². The smallest absolute Gasteiger partial charge is 0.294 e. The summed E-state index contributed by atoms with van der Waals surface area (Å²) in [6.45, 7) is 10.6. The molecule has 67 heavy (non-hydrogen) atoms. The van der Waals surface area contributed by atoms with Crippen LogP contribution in [0.1, 0.15) is 27.7 Å². The Balaban J connectivity index is 1.29. The number of aromatic nitrogens is 5. The predicted octanol–water partition coefficient (Wildman–Crippen LogP) is 8.39. The van der Waals surface area contributed by atoms with Gasteiger partial charge in [-0.1, -0.05) is 22.7 Å². The number of rotatable bonds is 21. The van der Waals surface area contributed by atoms with Crippen LogP contribution in [0.25, 0.3) is 20.4 Å². The summed E-state index contributed by atoms with van der Waals surface area (Å²) >= 11 is 2.18. The molecule has 0 aliphatic carbocycles. The van der Waals surface area contributed by atoms with E-state index < -0.39 is 20.2 Å². The minimum absolute atomic E-state index is 0.0565. The molecule has 0 bridgehead atoms. The van der Waals surface area contributed by atoms with E-state index in [-0.39, 0.29) is 64.2 Å². The Bertz CT molecular complexity index is 2970. The van der Waals surface area contributed by atoms with Crippen molar-refractivity contribution in [2.75, 3.05) is 77.8 Å². The SMILES string of the molecule is CCN(CC)c1ccc(N=Nc2nc3ccc(S(=O)(=O)O)cc3s2)c(Nc2nc(Nc3cc(N(CC)CC)ccc3N=Nc3nc4ccc(S(=O)(=O)O)cc4s3)nc(N(CCO)CCO)n2)c1. The molecular weight excluding hydrogens is 945 g/mol. The molecular formula is C41H46N14O8S4. The molecule has 0 radical (unpaired) electrons. The summed E-state index contributed by atoms with van der Waals surface area (Å²) in [5, 5.41) is 44.8. The first-order valence-electron chi connectivity index (χ1n) is 20.8. The molecule has 4 aromatic carbocycles. The highest BCUT2D eigenvalue weighted by Crippen LogP contribution is 2.38. The van der Waals surface area contributed by atoms with Gasteiger partial charge in [-0.2, -0.15) is 31.8 Å². The van der Waals surface area contributed by atoms with Gasteiger partial charge in [-0.3, -0.25) is 9.11 Å². The van der Waals surface area contributed by atoms with E-state index >= 15 is 0 Å². The van der Waals surface area contributed by atoms with Crippen molar-refractivity contribution in [2.45, 2.75) is 37.5 Å². The summed E-state index contributed by atoms with van der Waals surface area (Å²) in [5.74, 6) is 0.230. The molecule has 6 N–H and O–H groups in total. The molecule has 7 aromatic rings. The normalized spacial score (nSPS) is 12.2. The molecule has 0 unspecified atom stereocenters. The number of aliphatic hydroxyl groups is 2. The van der Waals surface area contributed by atoms with Crippen molar-refractivity contribution in [3.8, 4) is 0 Å². The highest BCUT2D eigenvalue weighted by molar-refractivity contribution is 7.86. The quantitative estimate of drug-likeness (QED) is 0.0291. The number of azo groups is 2. The molecule has 0 fully saturated rings. The van der Waals surface area contributed by atoms with Gasteiger partial charge in [-0.15, -0.1) is 20.5 Å². The van der Waals surface area contributed by atoms with Crippen molar-refractivity contribution in [3.05, 3.63) is 72.8 Å². The number of fused-ring (bicyclic) bond motifs is 2. The number of hydrogen-bond donors (Lipinski definition) is 6. The molecule has 0 aliphatic rings. The lowest BCUT2D eigenvalue weighted by molar-refractivity contribution is 0.280. The van der Waals surface area contributed by atoms with Gasteiger partial charge in [0.2, 0.25) is 28.1 Å². The Hall–Kier alpha value is -6.39. The van der Waals surface area contributed by atoms with Crippen LogP contribution in [0.3, 0.4) is 0 Å². The van der Waals surface area contributed by atoms with Gasteiger partial charge >= 0.3 is 0 Å². The summed E-state index contributed by atoms with van der Waals surface area (Å²) in [4.78, 5) is 28.4. The molecule has 3 aromatic heterocycles. The molecule has 0 amide bonds. The molecule has 3 heterocycles. The van der Waals surface area contributed by atoms with Crippen LogP contribution in [0.5, 0.6) is 0 Å². The summed E-state index contributed by atoms with van der Waals surface area (Å²) in [6, 6.07) is 19.1. The number of aliphatic hydroxyl groups excluding tert-OH is 2. The molecule has 352 valence electrons. The maximum Gasteiger partial charge on any atom is 0.294 e. The van der Waals surface area contributed by atoms with E-state index in [0.717, 1.165) is 34.0 Å². The summed E-state index contributed by atoms with van der Waals surface area (Å²) in [5.41, 5.74) is 4.27. The highest BCUT2D eigenvalue weighted by Gasteiger charge is 2.19. The molecule has 7 rings (SSSR count). The van der Waals surface area contributed by atoms with Crippen LogP contribution < -0.4 is 25.3 Å². The number of thiazole rings is 2. The maximum atomic E-state index is 11.8.